The zero-order chi connectivity index (χ0) is 13.1. The summed E-state index contributed by atoms with van der Waals surface area (Å²) in [5, 5.41) is 6.26. The van der Waals surface area contributed by atoms with Crippen LogP contribution in [0.5, 0.6) is 0 Å². The third-order valence-electron chi connectivity index (χ3n) is 3.71. The third-order valence-corrected chi connectivity index (χ3v) is 3.71. The van der Waals surface area contributed by atoms with Gasteiger partial charge in [-0.3, -0.25) is 4.79 Å². The van der Waals surface area contributed by atoms with Crippen molar-refractivity contribution in [3.63, 3.8) is 0 Å². The SMILES string of the molecule is O=C(NCC1CC1)c1ccc(N2CCNCC2)cn1. The highest BCUT2D eigenvalue weighted by Crippen LogP contribution is 2.27. The molecule has 1 aromatic rings. The molecule has 2 heterocycles. The van der Waals surface area contributed by atoms with Crippen LogP contribution in [0.15, 0.2) is 18.3 Å². The molecular weight excluding hydrogens is 240 g/mol. The van der Waals surface area contributed by atoms with Gasteiger partial charge in [0.25, 0.3) is 5.91 Å². The predicted octanol–water partition coefficient (Wildman–Crippen LogP) is 0.631. The monoisotopic (exact) mass is 260 g/mol. The van der Waals surface area contributed by atoms with E-state index in [1.54, 1.807) is 6.20 Å². The average Bonchev–Trinajstić information content (AvgIpc) is 3.30. The van der Waals surface area contributed by atoms with E-state index in [-0.39, 0.29) is 5.91 Å². The number of rotatable bonds is 4. The van der Waals surface area contributed by atoms with Gasteiger partial charge in [0.1, 0.15) is 5.69 Å². The van der Waals surface area contributed by atoms with Gasteiger partial charge in [0.15, 0.2) is 0 Å². The van der Waals surface area contributed by atoms with Crippen molar-refractivity contribution >= 4 is 11.6 Å². The number of carbonyl (C=O) groups excluding carboxylic acids is 1. The van der Waals surface area contributed by atoms with Crippen LogP contribution in [0.4, 0.5) is 5.69 Å². The first-order chi connectivity index (χ1) is 9.33. The van der Waals surface area contributed by atoms with Crippen LogP contribution < -0.4 is 15.5 Å². The summed E-state index contributed by atoms with van der Waals surface area (Å²) in [5.41, 5.74) is 1.61. The predicted molar refractivity (Wildman–Crippen MR) is 74.4 cm³/mol. The second-order valence-electron chi connectivity index (χ2n) is 5.29. The van der Waals surface area contributed by atoms with Crippen molar-refractivity contribution < 1.29 is 4.79 Å². The van der Waals surface area contributed by atoms with Crippen molar-refractivity contribution in [2.75, 3.05) is 37.6 Å². The fraction of sp³-hybridized carbons (Fsp3) is 0.571. The van der Waals surface area contributed by atoms with E-state index in [2.05, 4.69) is 20.5 Å². The van der Waals surface area contributed by atoms with Crippen LogP contribution in [0.3, 0.4) is 0 Å². The van der Waals surface area contributed by atoms with Gasteiger partial charge in [-0.05, 0) is 30.9 Å². The highest BCUT2D eigenvalue weighted by molar-refractivity contribution is 5.92. The summed E-state index contributed by atoms with van der Waals surface area (Å²) in [6.45, 7) is 4.79. The van der Waals surface area contributed by atoms with Gasteiger partial charge in [-0.25, -0.2) is 4.98 Å². The Morgan fingerprint density at radius 3 is 2.79 bits per heavy atom. The largest absolute Gasteiger partial charge is 0.368 e. The van der Waals surface area contributed by atoms with Crippen LogP contribution in [0.25, 0.3) is 0 Å². The molecule has 0 aromatic carbocycles. The van der Waals surface area contributed by atoms with E-state index in [1.165, 1.54) is 12.8 Å². The zero-order valence-electron chi connectivity index (χ0n) is 11.1. The number of nitrogens with one attached hydrogen (secondary N) is 2. The number of amides is 1. The number of nitrogens with zero attached hydrogens (tertiary/aromatic N) is 2. The summed E-state index contributed by atoms with van der Waals surface area (Å²) < 4.78 is 0. The van der Waals surface area contributed by atoms with Crippen LogP contribution in [0.2, 0.25) is 0 Å². The van der Waals surface area contributed by atoms with Gasteiger partial charge >= 0.3 is 0 Å². The van der Waals surface area contributed by atoms with Crippen LogP contribution in [-0.4, -0.2) is 43.6 Å². The number of pyridine rings is 1. The minimum atomic E-state index is -0.0567. The van der Waals surface area contributed by atoms with Gasteiger partial charge in [0, 0.05) is 32.7 Å². The molecule has 1 amide bonds. The standard InChI is InChI=1S/C14H20N4O/c19-14(17-9-11-1-2-11)13-4-3-12(10-16-13)18-7-5-15-6-8-18/h3-4,10-11,15H,1-2,5-9H2,(H,17,19). The Balaban J connectivity index is 1.58. The normalized spacial score (nSPS) is 19.3. The highest BCUT2D eigenvalue weighted by atomic mass is 16.1. The van der Waals surface area contributed by atoms with Gasteiger partial charge in [0.05, 0.1) is 11.9 Å². The van der Waals surface area contributed by atoms with Crippen LogP contribution in [0.1, 0.15) is 23.3 Å². The number of hydrogen-bond acceptors (Lipinski definition) is 4. The van der Waals surface area contributed by atoms with Crippen molar-refractivity contribution in [1.82, 2.24) is 15.6 Å². The lowest BCUT2D eigenvalue weighted by Crippen LogP contribution is -2.43. The lowest BCUT2D eigenvalue weighted by molar-refractivity contribution is 0.0947. The Morgan fingerprint density at radius 2 is 2.16 bits per heavy atom. The van der Waals surface area contributed by atoms with Gasteiger partial charge in [-0.2, -0.15) is 0 Å². The van der Waals surface area contributed by atoms with Gasteiger partial charge < -0.3 is 15.5 Å². The van der Waals surface area contributed by atoms with E-state index < -0.39 is 0 Å². The minimum absolute atomic E-state index is 0.0567. The Hall–Kier alpha value is -1.62. The molecule has 2 N–H and O–H groups in total. The molecule has 2 fully saturated rings. The maximum atomic E-state index is 11.9. The average molecular weight is 260 g/mol. The molecule has 0 atom stereocenters. The summed E-state index contributed by atoms with van der Waals surface area (Å²) in [6, 6.07) is 3.81. The Morgan fingerprint density at radius 1 is 1.37 bits per heavy atom. The molecule has 1 aliphatic carbocycles. The molecule has 5 heteroatoms. The molecule has 0 spiro atoms. The first-order valence-electron chi connectivity index (χ1n) is 7.03. The van der Waals surface area contributed by atoms with Crippen molar-refractivity contribution in [2.24, 2.45) is 5.92 Å². The molecule has 102 valence electrons. The lowest BCUT2D eigenvalue weighted by atomic mass is 10.2. The molecule has 19 heavy (non-hydrogen) atoms. The second kappa shape index (κ2) is 5.57. The molecule has 0 bridgehead atoms. The summed E-state index contributed by atoms with van der Waals surface area (Å²) in [7, 11) is 0. The third kappa shape index (κ3) is 3.23. The molecule has 1 saturated carbocycles. The number of hydrogen-bond donors (Lipinski definition) is 2. The minimum Gasteiger partial charge on any atom is -0.368 e. The van der Waals surface area contributed by atoms with Gasteiger partial charge in [-0.15, -0.1) is 0 Å². The second-order valence-corrected chi connectivity index (χ2v) is 5.29. The van der Waals surface area contributed by atoms with Gasteiger partial charge in [-0.1, -0.05) is 0 Å². The van der Waals surface area contributed by atoms with Crippen LogP contribution in [-0.2, 0) is 0 Å². The van der Waals surface area contributed by atoms with E-state index in [4.69, 9.17) is 0 Å². The number of carbonyl (C=O) groups is 1. The van der Waals surface area contributed by atoms with Crippen molar-refractivity contribution in [2.45, 2.75) is 12.8 Å². The van der Waals surface area contributed by atoms with E-state index in [1.807, 2.05) is 12.1 Å². The fourth-order valence-corrected chi connectivity index (χ4v) is 2.28. The van der Waals surface area contributed by atoms with Crippen molar-refractivity contribution in [1.29, 1.82) is 0 Å². The van der Waals surface area contributed by atoms with Gasteiger partial charge in [0.2, 0.25) is 0 Å². The van der Waals surface area contributed by atoms with E-state index >= 15 is 0 Å². The quantitative estimate of drug-likeness (QED) is 0.834. The van der Waals surface area contributed by atoms with Crippen LogP contribution in [0, 0.1) is 5.92 Å². The zero-order valence-corrected chi connectivity index (χ0v) is 11.1. The molecular formula is C14H20N4O. The summed E-state index contributed by atoms with van der Waals surface area (Å²) in [4.78, 5) is 18.4. The van der Waals surface area contributed by atoms with E-state index in [9.17, 15) is 4.79 Å². The Labute approximate surface area is 113 Å². The molecule has 2 aliphatic rings. The summed E-state index contributed by atoms with van der Waals surface area (Å²) in [6.07, 6.45) is 4.29. The lowest BCUT2D eigenvalue weighted by Gasteiger charge is -2.29. The maximum absolute atomic E-state index is 11.9. The number of piperazine rings is 1. The fourth-order valence-electron chi connectivity index (χ4n) is 2.28. The maximum Gasteiger partial charge on any atom is 0.269 e. The number of aromatic nitrogens is 1. The Bertz CT molecular complexity index is 435. The molecule has 0 unspecified atom stereocenters. The number of anilines is 1. The smallest absolute Gasteiger partial charge is 0.269 e. The van der Waals surface area contributed by atoms with Crippen molar-refractivity contribution in [3.05, 3.63) is 24.0 Å². The topological polar surface area (TPSA) is 57.3 Å². The molecule has 1 saturated heterocycles. The molecule has 3 rings (SSSR count). The summed E-state index contributed by atoms with van der Waals surface area (Å²) in [5.74, 6) is 0.642. The first-order valence-corrected chi connectivity index (χ1v) is 7.03. The summed E-state index contributed by atoms with van der Waals surface area (Å²) >= 11 is 0. The van der Waals surface area contributed by atoms with E-state index in [0.29, 0.717) is 11.6 Å². The molecule has 1 aromatic heterocycles. The highest BCUT2D eigenvalue weighted by Gasteiger charge is 2.22. The molecule has 5 nitrogen and oxygen atoms in total. The van der Waals surface area contributed by atoms with Crippen LogP contribution >= 0.6 is 0 Å². The van der Waals surface area contributed by atoms with E-state index in [0.717, 1.165) is 38.4 Å². The molecule has 0 radical (unpaired) electrons. The molecule has 1 aliphatic heterocycles. The Kier molecular flexibility index (Phi) is 3.64. The van der Waals surface area contributed by atoms with Crippen molar-refractivity contribution in [3.8, 4) is 0 Å². The first kappa shape index (κ1) is 12.4.